The van der Waals surface area contributed by atoms with E-state index in [1.165, 1.54) is 32.1 Å². The van der Waals surface area contributed by atoms with Crippen molar-refractivity contribution >= 4 is 12.6 Å². The van der Waals surface area contributed by atoms with Gasteiger partial charge < -0.3 is 10.6 Å². The van der Waals surface area contributed by atoms with Crippen LogP contribution in [0.25, 0.3) is 0 Å². The molecule has 0 spiro atoms. The first-order chi connectivity index (χ1) is 7.15. The summed E-state index contributed by atoms with van der Waals surface area (Å²) in [5.74, 6) is 0.891. The number of hydrogen-bond acceptors (Lipinski definition) is 3. The maximum absolute atomic E-state index is 4.36. The van der Waals surface area contributed by atoms with E-state index in [1.54, 1.807) is 0 Å². The van der Waals surface area contributed by atoms with Crippen LogP contribution in [0.2, 0.25) is 0 Å². The van der Waals surface area contributed by atoms with Gasteiger partial charge in [-0.2, -0.15) is 12.6 Å². The van der Waals surface area contributed by atoms with E-state index in [0.29, 0.717) is 11.4 Å². The summed E-state index contributed by atoms with van der Waals surface area (Å²) in [5, 5.41) is 7.55. The van der Waals surface area contributed by atoms with Crippen LogP contribution in [-0.4, -0.2) is 23.5 Å². The number of nitrogens with one attached hydrogen (secondary N) is 2. The zero-order valence-corrected chi connectivity index (χ0v) is 10.8. The highest BCUT2D eigenvalue weighted by atomic mass is 32.1. The lowest BCUT2D eigenvalue weighted by Gasteiger charge is -2.30. The van der Waals surface area contributed by atoms with E-state index in [0.717, 1.165) is 18.0 Å². The number of hydrogen-bond donors (Lipinski definition) is 3. The SMILES string of the molecule is CC(S)NC1CC1CC(C)NC1CCC1. The van der Waals surface area contributed by atoms with Gasteiger partial charge in [0.05, 0.1) is 0 Å². The summed E-state index contributed by atoms with van der Waals surface area (Å²) >= 11 is 4.36. The Hall–Kier alpha value is 0.270. The summed E-state index contributed by atoms with van der Waals surface area (Å²) in [6, 6.07) is 2.26. The van der Waals surface area contributed by atoms with E-state index in [1.807, 2.05) is 0 Å². The molecule has 2 aliphatic carbocycles. The van der Waals surface area contributed by atoms with Gasteiger partial charge in [0.15, 0.2) is 0 Å². The molecule has 0 radical (unpaired) electrons. The predicted octanol–water partition coefficient (Wildman–Crippen LogP) is 2.16. The summed E-state index contributed by atoms with van der Waals surface area (Å²) in [6.07, 6.45) is 6.89. The summed E-state index contributed by atoms with van der Waals surface area (Å²) in [5.41, 5.74) is 0. The summed E-state index contributed by atoms with van der Waals surface area (Å²) in [7, 11) is 0. The third-order valence-corrected chi connectivity index (χ3v) is 3.81. The first-order valence-electron chi connectivity index (χ1n) is 6.35. The molecule has 2 rings (SSSR count). The van der Waals surface area contributed by atoms with Crippen LogP contribution in [0, 0.1) is 5.92 Å². The standard InChI is InChI=1S/C12H24N2S/c1-8(13-11-4-3-5-11)6-10-7-12(10)14-9(2)15/h8-15H,3-7H2,1-2H3. The molecule has 0 aliphatic heterocycles. The molecule has 0 bridgehead atoms. The van der Waals surface area contributed by atoms with Gasteiger partial charge >= 0.3 is 0 Å². The van der Waals surface area contributed by atoms with Gasteiger partial charge in [-0.3, -0.25) is 0 Å². The molecular formula is C12H24N2S. The van der Waals surface area contributed by atoms with Crippen molar-refractivity contribution in [3.8, 4) is 0 Å². The lowest BCUT2D eigenvalue weighted by Crippen LogP contribution is -2.41. The average molecular weight is 228 g/mol. The van der Waals surface area contributed by atoms with Crippen LogP contribution < -0.4 is 10.6 Å². The van der Waals surface area contributed by atoms with Gasteiger partial charge in [0.2, 0.25) is 0 Å². The first kappa shape index (κ1) is 11.7. The fourth-order valence-corrected chi connectivity index (χ4v) is 2.71. The Labute approximate surface area is 99.0 Å². The molecule has 0 amide bonds. The highest BCUT2D eigenvalue weighted by Crippen LogP contribution is 2.35. The Morgan fingerprint density at radius 3 is 2.53 bits per heavy atom. The summed E-state index contributed by atoms with van der Waals surface area (Å²) < 4.78 is 0. The van der Waals surface area contributed by atoms with Crippen LogP contribution in [-0.2, 0) is 0 Å². The van der Waals surface area contributed by atoms with Crippen LogP contribution >= 0.6 is 12.6 Å². The van der Waals surface area contributed by atoms with Crippen molar-refractivity contribution in [2.24, 2.45) is 5.92 Å². The Morgan fingerprint density at radius 1 is 1.27 bits per heavy atom. The molecule has 4 atom stereocenters. The maximum atomic E-state index is 4.36. The third-order valence-electron chi connectivity index (χ3n) is 3.66. The monoisotopic (exact) mass is 228 g/mol. The van der Waals surface area contributed by atoms with Gasteiger partial charge in [0, 0.05) is 23.5 Å². The lowest BCUT2D eigenvalue weighted by atomic mass is 9.92. The largest absolute Gasteiger partial charge is 0.311 e. The van der Waals surface area contributed by atoms with Gasteiger partial charge in [-0.1, -0.05) is 6.42 Å². The van der Waals surface area contributed by atoms with E-state index in [2.05, 4.69) is 37.1 Å². The molecule has 0 aromatic carbocycles. The second-order valence-corrected chi connectivity index (χ2v) is 6.15. The van der Waals surface area contributed by atoms with Crippen molar-refractivity contribution in [2.75, 3.05) is 0 Å². The predicted molar refractivity (Wildman–Crippen MR) is 68.3 cm³/mol. The van der Waals surface area contributed by atoms with Crippen molar-refractivity contribution in [1.82, 2.24) is 10.6 Å². The highest BCUT2D eigenvalue weighted by Gasteiger charge is 2.38. The molecule has 0 aromatic heterocycles. The lowest BCUT2D eigenvalue weighted by molar-refractivity contribution is 0.298. The van der Waals surface area contributed by atoms with Gasteiger partial charge in [0.1, 0.15) is 0 Å². The molecule has 15 heavy (non-hydrogen) atoms. The first-order valence-corrected chi connectivity index (χ1v) is 6.87. The minimum absolute atomic E-state index is 0.342. The Bertz CT molecular complexity index is 204. The van der Waals surface area contributed by atoms with E-state index >= 15 is 0 Å². The van der Waals surface area contributed by atoms with E-state index in [-0.39, 0.29) is 0 Å². The van der Waals surface area contributed by atoms with Crippen LogP contribution in [0.3, 0.4) is 0 Å². The van der Waals surface area contributed by atoms with E-state index in [4.69, 9.17) is 0 Å². The van der Waals surface area contributed by atoms with Crippen LogP contribution in [0.1, 0.15) is 46.0 Å². The molecule has 2 fully saturated rings. The summed E-state index contributed by atoms with van der Waals surface area (Å²) in [6.45, 7) is 4.44. The minimum Gasteiger partial charge on any atom is -0.311 e. The van der Waals surface area contributed by atoms with Crippen molar-refractivity contribution in [3.63, 3.8) is 0 Å². The molecule has 0 heterocycles. The molecule has 2 saturated carbocycles. The fourth-order valence-electron chi connectivity index (χ4n) is 2.52. The molecule has 88 valence electrons. The third kappa shape index (κ3) is 3.65. The van der Waals surface area contributed by atoms with Gasteiger partial charge in [-0.25, -0.2) is 0 Å². The zero-order chi connectivity index (χ0) is 10.8. The van der Waals surface area contributed by atoms with Crippen LogP contribution in [0.15, 0.2) is 0 Å². The molecular weight excluding hydrogens is 204 g/mol. The molecule has 0 saturated heterocycles. The molecule has 2 nitrogen and oxygen atoms in total. The molecule has 0 aromatic rings. The van der Waals surface area contributed by atoms with Gasteiger partial charge in [-0.15, -0.1) is 0 Å². The Kier molecular flexibility index (Phi) is 3.97. The van der Waals surface area contributed by atoms with E-state index < -0.39 is 0 Å². The fraction of sp³-hybridized carbons (Fsp3) is 1.00. The number of rotatable bonds is 6. The average Bonchev–Trinajstić information content (AvgIpc) is 2.75. The van der Waals surface area contributed by atoms with E-state index in [9.17, 15) is 0 Å². The van der Waals surface area contributed by atoms with Crippen LogP contribution in [0.5, 0.6) is 0 Å². The van der Waals surface area contributed by atoms with Crippen LogP contribution in [0.4, 0.5) is 0 Å². The highest BCUT2D eigenvalue weighted by molar-refractivity contribution is 7.80. The van der Waals surface area contributed by atoms with Crippen molar-refractivity contribution in [1.29, 1.82) is 0 Å². The Balaban J connectivity index is 1.57. The molecule has 2 N–H and O–H groups in total. The number of thiol groups is 1. The quantitative estimate of drug-likeness (QED) is 0.479. The zero-order valence-electron chi connectivity index (χ0n) is 9.87. The van der Waals surface area contributed by atoms with Gasteiger partial charge in [0.25, 0.3) is 0 Å². The minimum atomic E-state index is 0.342. The second-order valence-electron chi connectivity index (χ2n) is 5.38. The molecule has 3 heteroatoms. The van der Waals surface area contributed by atoms with Gasteiger partial charge in [-0.05, 0) is 45.4 Å². The maximum Gasteiger partial charge on any atom is 0.0475 e. The molecule has 4 unspecified atom stereocenters. The smallest absolute Gasteiger partial charge is 0.0475 e. The summed E-state index contributed by atoms with van der Waals surface area (Å²) in [4.78, 5) is 0. The van der Waals surface area contributed by atoms with Crippen molar-refractivity contribution in [2.45, 2.75) is 69.5 Å². The van der Waals surface area contributed by atoms with Crippen molar-refractivity contribution < 1.29 is 0 Å². The topological polar surface area (TPSA) is 24.1 Å². The van der Waals surface area contributed by atoms with Crippen molar-refractivity contribution in [3.05, 3.63) is 0 Å². The Morgan fingerprint density at radius 2 is 2.00 bits per heavy atom. The second kappa shape index (κ2) is 5.07. The molecule has 2 aliphatic rings. The normalized spacial score (nSPS) is 34.6.